The molecule has 184 valence electrons. The molecule has 0 bridgehead atoms. The van der Waals surface area contributed by atoms with Crippen molar-refractivity contribution in [2.75, 3.05) is 24.7 Å². The first kappa shape index (κ1) is 25.4. The van der Waals surface area contributed by atoms with Gasteiger partial charge in [0, 0.05) is 18.8 Å². The van der Waals surface area contributed by atoms with Crippen LogP contribution in [0.5, 0.6) is 0 Å². The Morgan fingerprint density at radius 2 is 1.91 bits per heavy atom. The lowest BCUT2D eigenvalue weighted by Gasteiger charge is -2.22. The van der Waals surface area contributed by atoms with E-state index in [9.17, 15) is 21.6 Å². The number of carboxylic acid groups (broad SMARTS) is 1. The molecule has 0 atom stereocenters. The molecule has 0 spiro atoms. The summed E-state index contributed by atoms with van der Waals surface area (Å²) in [4.78, 5) is 17.4. The molecule has 0 unspecified atom stereocenters. The monoisotopic (exact) mass is 501 g/mol. The number of hydrogen-bond acceptors (Lipinski definition) is 8. The second-order valence-corrected chi connectivity index (χ2v) is 9.68. The van der Waals surface area contributed by atoms with E-state index < -0.39 is 22.0 Å². The van der Waals surface area contributed by atoms with Gasteiger partial charge >= 0.3 is 12.1 Å². The van der Waals surface area contributed by atoms with Crippen LogP contribution < -0.4 is 5.73 Å². The van der Waals surface area contributed by atoms with Crippen molar-refractivity contribution in [3.63, 3.8) is 0 Å². The van der Waals surface area contributed by atoms with E-state index in [-0.39, 0.29) is 17.5 Å². The van der Waals surface area contributed by atoms with Gasteiger partial charge in [-0.15, -0.1) is 0 Å². The Morgan fingerprint density at radius 1 is 1.26 bits per heavy atom. The average molecular weight is 501 g/mol. The highest BCUT2D eigenvalue weighted by atomic mass is 32.2. The van der Waals surface area contributed by atoms with E-state index in [0.29, 0.717) is 29.5 Å². The third-order valence-corrected chi connectivity index (χ3v) is 7.10. The highest BCUT2D eigenvalue weighted by molar-refractivity contribution is 7.91. The van der Waals surface area contributed by atoms with Crippen LogP contribution in [-0.4, -0.2) is 64.2 Å². The SMILES string of the molecule is Cc1ccc(S(=O)(=O)CC2CCOCC2)cc1-c1cnc2c(N)ncnn12.O=C(O)C(F)(F)F. The first-order valence-electron chi connectivity index (χ1n) is 10.1. The Morgan fingerprint density at radius 3 is 2.53 bits per heavy atom. The molecule has 14 heteroatoms. The third kappa shape index (κ3) is 5.80. The molecule has 1 aliphatic rings. The van der Waals surface area contributed by atoms with Gasteiger partial charge in [0.2, 0.25) is 0 Å². The normalized spacial score (nSPS) is 15.1. The van der Waals surface area contributed by atoms with Crippen molar-refractivity contribution in [2.24, 2.45) is 5.92 Å². The number of nitrogens with zero attached hydrogens (tertiary/aromatic N) is 4. The van der Waals surface area contributed by atoms with Crippen molar-refractivity contribution in [1.82, 2.24) is 19.6 Å². The smallest absolute Gasteiger partial charge is 0.475 e. The minimum absolute atomic E-state index is 0.136. The van der Waals surface area contributed by atoms with E-state index in [1.54, 1.807) is 22.8 Å². The molecule has 10 nitrogen and oxygen atoms in total. The number of nitrogen functional groups attached to an aromatic ring is 1. The summed E-state index contributed by atoms with van der Waals surface area (Å²) in [5, 5.41) is 11.3. The number of aromatic nitrogens is 4. The molecular formula is C20H22F3N5O5S. The van der Waals surface area contributed by atoms with Crippen molar-refractivity contribution < 1.29 is 36.2 Å². The molecule has 3 N–H and O–H groups in total. The summed E-state index contributed by atoms with van der Waals surface area (Å²) in [5.74, 6) is -2.21. The Hall–Kier alpha value is -3.26. The number of sulfone groups is 1. The number of aryl methyl sites for hydroxylation is 1. The molecule has 34 heavy (non-hydrogen) atoms. The molecule has 0 aliphatic carbocycles. The number of carbonyl (C=O) groups is 1. The van der Waals surface area contributed by atoms with Gasteiger partial charge < -0.3 is 15.6 Å². The molecular weight excluding hydrogens is 479 g/mol. The van der Waals surface area contributed by atoms with Gasteiger partial charge in [0.05, 0.1) is 22.5 Å². The molecule has 1 fully saturated rings. The number of hydrogen-bond donors (Lipinski definition) is 2. The number of rotatable bonds is 4. The lowest BCUT2D eigenvalue weighted by Crippen LogP contribution is -2.23. The third-order valence-electron chi connectivity index (χ3n) is 5.21. The molecule has 0 amide bonds. The lowest BCUT2D eigenvalue weighted by molar-refractivity contribution is -0.192. The second kappa shape index (κ2) is 9.93. The van der Waals surface area contributed by atoms with E-state index in [1.165, 1.54) is 6.33 Å². The van der Waals surface area contributed by atoms with Crippen LogP contribution in [0.25, 0.3) is 16.9 Å². The van der Waals surface area contributed by atoms with Crippen molar-refractivity contribution in [1.29, 1.82) is 0 Å². The number of imidazole rings is 1. The molecule has 2 aromatic heterocycles. The summed E-state index contributed by atoms with van der Waals surface area (Å²) >= 11 is 0. The summed E-state index contributed by atoms with van der Waals surface area (Å²) in [6, 6.07) is 5.18. The minimum Gasteiger partial charge on any atom is -0.475 e. The second-order valence-electron chi connectivity index (χ2n) is 7.64. The van der Waals surface area contributed by atoms with Crippen LogP contribution in [0.15, 0.2) is 35.6 Å². The van der Waals surface area contributed by atoms with Crippen molar-refractivity contribution in [2.45, 2.75) is 30.8 Å². The topological polar surface area (TPSA) is 150 Å². The van der Waals surface area contributed by atoms with Gasteiger partial charge in [-0.05, 0) is 43.4 Å². The zero-order valence-corrected chi connectivity index (χ0v) is 18.8. The number of fused-ring (bicyclic) bond motifs is 1. The fourth-order valence-electron chi connectivity index (χ4n) is 3.41. The number of benzene rings is 1. The maximum absolute atomic E-state index is 12.9. The zero-order chi connectivity index (χ0) is 25.1. The zero-order valence-electron chi connectivity index (χ0n) is 18.0. The van der Waals surface area contributed by atoms with E-state index in [1.807, 2.05) is 13.0 Å². The van der Waals surface area contributed by atoms with Crippen LogP contribution in [0, 0.1) is 12.8 Å². The van der Waals surface area contributed by atoms with Crippen molar-refractivity contribution in [3.05, 3.63) is 36.3 Å². The summed E-state index contributed by atoms with van der Waals surface area (Å²) in [6.45, 7) is 3.18. The molecule has 0 radical (unpaired) electrons. The van der Waals surface area contributed by atoms with E-state index >= 15 is 0 Å². The number of alkyl halides is 3. The summed E-state index contributed by atoms with van der Waals surface area (Å²) in [5.41, 5.74) is 8.66. The minimum atomic E-state index is -5.08. The van der Waals surface area contributed by atoms with Gasteiger partial charge in [-0.2, -0.15) is 18.3 Å². The highest BCUT2D eigenvalue weighted by Crippen LogP contribution is 2.29. The summed E-state index contributed by atoms with van der Waals surface area (Å²) < 4.78 is 64.5. The molecule has 3 aromatic rings. The Bertz CT molecular complexity index is 1290. The Kier molecular flexibility index (Phi) is 7.41. The predicted molar refractivity (Wildman–Crippen MR) is 115 cm³/mol. The van der Waals surface area contributed by atoms with E-state index in [2.05, 4.69) is 15.1 Å². The number of ether oxygens (including phenoxy) is 1. The lowest BCUT2D eigenvalue weighted by atomic mass is 10.0. The van der Waals surface area contributed by atoms with Crippen molar-refractivity contribution >= 4 is 27.3 Å². The van der Waals surface area contributed by atoms with Crippen LogP contribution in [0.3, 0.4) is 0 Å². The standard InChI is InChI=1S/C18H21N5O3S.C2HF3O2/c1-12-2-3-14(27(24,25)10-13-4-6-26-7-5-13)8-15(12)16-9-20-18-17(19)21-11-22-23(16)18;3-2(4,5)1(6)7/h2-3,8-9,11,13H,4-7,10H2,1H3,(H2,19,21,22);(H,6,7). The maximum Gasteiger partial charge on any atom is 0.490 e. The number of anilines is 1. The van der Waals surface area contributed by atoms with Gasteiger partial charge in [-0.25, -0.2) is 27.7 Å². The van der Waals surface area contributed by atoms with Crippen LogP contribution in [0.4, 0.5) is 19.0 Å². The van der Waals surface area contributed by atoms with Crippen molar-refractivity contribution in [3.8, 4) is 11.3 Å². The number of halogens is 3. The molecule has 1 saturated heterocycles. The van der Waals surface area contributed by atoms with Crippen LogP contribution in [0.1, 0.15) is 18.4 Å². The van der Waals surface area contributed by atoms with Gasteiger partial charge in [0.1, 0.15) is 6.33 Å². The first-order valence-corrected chi connectivity index (χ1v) is 11.7. The number of aliphatic carboxylic acids is 1. The highest BCUT2D eigenvalue weighted by Gasteiger charge is 2.38. The van der Waals surface area contributed by atoms with Crippen LogP contribution >= 0.6 is 0 Å². The summed E-state index contributed by atoms with van der Waals surface area (Å²) in [7, 11) is -3.39. The number of carboxylic acids is 1. The van der Waals surface area contributed by atoms with E-state index in [4.69, 9.17) is 20.4 Å². The maximum atomic E-state index is 12.9. The van der Waals surface area contributed by atoms with Crippen LogP contribution in [0.2, 0.25) is 0 Å². The quantitative estimate of drug-likeness (QED) is 0.550. The Balaban J connectivity index is 0.000000406. The predicted octanol–water partition coefficient (Wildman–Crippen LogP) is 2.52. The first-order chi connectivity index (χ1) is 15.9. The van der Waals surface area contributed by atoms with Gasteiger partial charge in [-0.1, -0.05) is 6.07 Å². The summed E-state index contributed by atoms with van der Waals surface area (Å²) in [6.07, 6.45) is -0.533. The fraction of sp³-hybridized carbons (Fsp3) is 0.400. The van der Waals surface area contributed by atoms with Gasteiger partial charge in [0.25, 0.3) is 0 Å². The average Bonchev–Trinajstić information content (AvgIpc) is 3.19. The Labute approximate surface area is 192 Å². The van der Waals surface area contributed by atoms with Gasteiger partial charge in [0.15, 0.2) is 21.3 Å². The van der Waals surface area contributed by atoms with Gasteiger partial charge in [-0.3, -0.25) is 0 Å². The number of nitrogens with two attached hydrogens (primary N) is 1. The molecule has 1 aromatic carbocycles. The molecule has 0 saturated carbocycles. The van der Waals surface area contributed by atoms with Crippen LogP contribution in [-0.2, 0) is 19.4 Å². The molecule has 4 rings (SSSR count). The molecule has 3 heterocycles. The fourth-order valence-corrected chi connectivity index (χ4v) is 5.13. The molecule has 1 aliphatic heterocycles. The van der Waals surface area contributed by atoms with E-state index in [0.717, 1.165) is 24.0 Å². The largest absolute Gasteiger partial charge is 0.490 e.